The second-order valence-corrected chi connectivity index (χ2v) is 5.48. The lowest BCUT2D eigenvalue weighted by atomic mass is 10.2. The molecule has 0 fully saturated rings. The molecule has 2 aromatic carbocycles. The molecule has 7 nitrogen and oxygen atoms in total. The number of aromatic nitrogens is 4. The Morgan fingerprint density at radius 1 is 1.12 bits per heavy atom. The summed E-state index contributed by atoms with van der Waals surface area (Å²) >= 11 is 0. The molecule has 1 heterocycles. The molecule has 0 saturated carbocycles. The van der Waals surface area contributed by atoms with Gasteiger partial charge >= 0.3 is 0 Å². The number of hydrogen-bond donors (Lipinski definition) is 1. The first-order valence-electron chi connectivity index (χ1n) is 8.14. The molecule has 128 valence electrons. The summed E-state index contributed by atoms with van der Waals surface area (Å²) < 4.78 is 7.14. The minimum atomic E-state index is -0.171. The second-order valence-electron chi connectivity index (χ2n) is 5.48. The van der Waals surface area contributed by atoms with Gasteiger partial charge in [-0.1, -0.05) is 13.3 Å². The Kier molecular flexibility index (Phi) is 5.36. The van der Waals surface area contributed by atoms with Gasteiger partial charge in [-0.3, -0.25) is 4.79 Å². The summed E-state index contributed by atoms with van der Waals surface area (Å²) in [6, 6.07) is 14.4. The smallest absolute Gasteiger partial charge is 0.255 e. The van der Waals surface area contributed by atoms with E-state index in [2.05, 4.69) is 27.8 Å². The van der Waals surface area contributed by atoms with Gasteiger partial charge in [-0.2, -0.15) is 0 Å². The van der Waals surface area contributed by atoms with Crippen molar-refractivity contribution in [2.75, 3.05) is 11.9 Å². The maximum atomic E-state index is 12.3. The molecule has 1 N–H and O–H groups in total. The van der Waals surface area contributed by atoms with Gasteiger partial charge in [0.1, 0.15) is 12.1 Å². The molecule has 0 atom stereocenters. The van der Waals surface area contributed by atoms with Gasteiger partial charge in [0, 0.05) is 11.3 Å². The van der Waals surface area contributed by atoms with Gasteiger partial charge in [0.2, 0.25) is 0 Å². The lowest BCUT2D eigenvalue weighted by molar-refractivity contribution is 0.102. The largest absolute Gasteiger partial charge is 0.494 e. The molecule has 3 aromatic rings. The number of carbonyl (C=O) groups excluding carboxylic acids is 1. The molecule has 0 saturated heterocycles. The van der Waals surface area contributed by atoms with Gasteiger partial charge in [-0.25, -0.2) is 4.68 Å². The van der Waals surface area contributed by atoms with Crippen LogP contribution in [0.3, 0.4) is 0 Å². The van der Waals surface area contributed by atoms with Gasteiger partial charge < -0.3 is 10.1 Å². The molecule has 0 unspecified atom stereocenters. The van der Waals surface area contributed by atoms with E-state index in [9.17, 15) is 4.79 Å². The highest BCUT2D eigenvalue weighted by Gasteiger charge is 2.07. The first-order chi connectivity index (χ1) is 12.3. The predicted octanol–water partition coefficient (Wildman–Crippen LogP) is 3.09. The van der Waals surface area contributed by atoms with Crippen LogP contribution in [0, 0.1) is 0 Å². The third kappa shape index (κ3) is 4.41. The van der Waals surface area contributed by atoms with Gasteiger partial charge in [-0.05, 0) is 65.4 Å². The third-order valence-electron chi connectivity index (χ3n) is 3.62. The van der Waals surface area contributed by atoms with E-state index in [0.717, 1.165) is 24.3 Å². The van der Waals surface area contributed by atoms with Crippen molar-refractivity contribution >= 4 is 11.6 Å². The molecule has 0 aliphatic carbocycles. The van der Waals surface area contributed by atoms with Crippen LogP contribution in [0.2, 0.25) is 0 Å². The number of benzene rings is 2. The van der Waals surface area contributed by atoms with Crippen LogP contribution in [0.1, 0.15) is 30.1 Å². The summed E-state index contributed by atoms with van der Waals surface area (Å²) in [5, 5.41) is 13.9. The van der Waals surface area contributed by atoms with Crippen LogP contribution >= 0.6 is 0 Å². The molecule has 3 rings (SSSR count). The molecule has 1 amide bonds. The van der Waals surface area contributed by atoms with Crippen molar-refractivity contribution in [3.8, 4) is 11.4 Å². The van der Waals surface area contributed by atoms with Crippen molar-refractivity contribution in [2.24, 2.45) is 0 Å². The van der Waals surface area contributed by atoms with E-state index in [4.69, 9.17) is 4.74 Å². The second kappa shape index (κ2) is 8.05. The van der Waals surface area contributed by atoms with Crippen LogP contribution in [0.15, 0.2) is 54.9 Å². The summed E-state index contributed by atoms with van der Waals surface area (Å²) in [5.74, 6) is 0.603. The van der Waals surface area contributed by atoms with Crippen molar-refractivity contribution in [3.05, 3.63) is 60.4 Å². The van der Waals surface area contributed by atoms with Gasteiger partial charge in [0.25, 0.3) is 5.91 Å². The first-order valence-corrected chi connectivity index (χ1v) is 8.14. The summed E-state index contributed by atoms with van der Waals surface area (Å²) in [6.45, 7) is 2.81. The van der Waals surface area contributed by atoms with E-state index < -0.39 is 0 Å². The number of anilines is 1. The zero-order valence-corrected chi connectivity index (χ0v) is 13.9. The van der Waals surface area contributed by atoms with Crippen LogP contribution in [0.5, 0.6) is 5.75 Å². The standard InChI is InChI=1S/C18H19N5O2/c1-2-3-12-25-17-10-4-14(5-11-17)18(24)20-15-6-8-16(9-7-15)23-13-19-21-22-23/h4-11,13H,2-3,12H2,1H3,(H,20,24). The highest BCUT2D eigenvalue weighted by Crippen LogP contribution is 2.16. The number of nitrogens with one attached hydrogen (secondary N) is 1. The Bertz CT molecular complexity index is 798. The highest BCUT2D eigenvalue weighted by atomic mass is 16.5. The Hall–Kier alpha value is -3.22. The molecular formula is C18H19N5O2. The van der Waals surface area contributed by atoms with E-state index in [1.165, 1.54) is 6.33 Å². The number of carbonyl (C=O) groups is 1. The third-order valence-corrected chi connectivity index (χ3v) is 3.62. The average molecular weight is 337 g/mol. The predicted molar refractivity (Wildman–Crippen MR) is 94.0 cm³/mol. The number of ether oxygens (including phenoxy) is 1. The lowest BCUT2D eigenvalue weighted by Gasteiger charge is -2.08. The normalized spacial score (nSPS) is 10.4. The summed E-state index contributed by atoms with van der Waals surface area (Å²) in [5.41, 5.74) is 2.09. The van der Waals surface area contributed by atoms with Crippen molar-refractivity contribution in [2.45, 2.75) is 19.8 Å². The van der Waals surface area contributed by atoms with Gasteiger partial charge in [0.05, 0.1) is 12.3 Å². The molecule has 0 radical (unpaired) electrons. The topological polar surface area (TPSA) is 81.9 Å². The van der Waals surface area contributed by atoms with Crippen LogP contribution in [-0.2, 0) is 0 Å². The summed E-state index contributed by atoms with van der Waals surface area (Å²) in [7, 11) is 0. The van der Waals surface area contributed by atoms with Crippen molar-refractivity contribution in [1.82, 2.24) is 20.2 Å². The Morgan fingerprint density at radius 2 is 1.88 bits per heavy atom. The fraction of sp³-hybridized carbons (Fsp3) is 0.222. The Balaban J connectivity index is 1.60. The SMILES string of the molecule is CCCCOc1ccc(C(=O)Nc2ccc(-n3cnnn3)cc2)cc1. The van der Waals surface area contributed by atoms with Crippen molar-refractivity contribution in [1.29, 1.82) is 0 Å². The number of nitrogens with zero attached hydrogens (tertiary/aromatic N) is 4. The van der Waals surface area contributed by atoms with E-state index in [1.807, 2.05) is 24.3 Å². The lowest BCUT2D eigenvalue weighted by Crippen LogP contribution is -2.11. The van der Waals surface area contributed by atoms with Gasteiger partial charge in [0.15, 0.2) is 0 Å². The maximum Gasteiger partial charge on any atom is 0.255 e. The minimum absolute atomic E-state index is 0.171. The highest BCUT2D eigenvalue weighted by molar-refractivity contribution is 6.04. The Morgan fingerprint density at radius 3 is 2.52 bits per heavy atom. The quantitative estimate of drug-likeness (QED) is 0.670. The minimum Gasteiger partial charge on any atom is -0.494 e. The molecule has 0 aliphatic rings. The molecule has 25 heavy (non-hydrogen) atoms. The fourth-order valence-electron chi connectivity index (χ4n) is 2.22. The van der Waals surface area contributed by atoms with Crippen LogP contribution in [0.25, 0.3) is 5.69 Å². The molecule has 7 heteroatoms. The molecule has 0 aliphatic heterocycles. The zero-order valence-electron chi connectivity index (χ0n) is 13.9. The number of hydrogen-bond acceptors (Lipinski definition) is 5. The van der Waals surface area contributed by atoms with E-state index in [1.54, 1.807) is 28.9 Å². The molecule has 1 aromatic heterocycles. The summed E-state index contributed by atoms with van der Waals surface area (Å²) in [6.07, 6.45) is 3.62. The van der Waals surface area contributed by atoms with E-state index in [0.29, 0.717) is 17.9 Å². The number of tetrazole rings is 1. The van der Waals surface area contributed by atoms with Crippen molar-refractivity contribution in [3.63, 3.8) is 0 Å². The number of amides is 1. The van der Waals surface area contributed by atoms with Crippen LogP contribution in [0.4, 0.5) is 5.69 Å². The zero-order chi connectivity index (χ0) is 17.5. The fourth-order valence-corrected chi connectivity index (χ4v) is 2.22. The molecule has 0 bridgehead atoms. The van der Waals surface area contributed by atoms with Crippen LogP contribution < -0.4 is 10.1 Å². The first kappa shape index (κ1) is 16.6. The molecular weight excluding hydrogens is 318 g/mol. The van der Waals surface area contributed by atoms with E-state index in [-0.39, 0.29) is 5.91 Å². The maximum absolute atomic E-state index is 12.3. The summed E-state index contributed by atoms with van der Waals surface area (Å²) in [4.78, 5) is 12.3. The van der Waals surface area contributed by atoms with E-state index >= 15 is 0 Å². The van der Waals surface area contributed by atoms with Gasteiger partial charge in [-0.15, -0.1) is 5.10 Å². The Labute approximate surface area is 145 Å². The van der Waals surface area contributed by atoms with Crippen LogP contribution in [-0.4, -0.2) is 32.7 Å². The van der Waals surface area contributed by atoms with Crippen molar-refractivity contribution < 1.29 is 9.53 Å². The molecule has 0 spiro atoms. The monoisotopic (exact) mass is 337 g/mol. The number of rotatable bonds is 7. The average Bonchev–Trinajstić information content (AvgIpc) is 3.18. The number of unbranched alkanes of at least 4 members (excludes halogenated alkanes) is 1.